The fraction of sp³-hybridized carbons (Fsp3) is 0.733. The van der Waals surface area contributed by atoms with Crippen molar-refractivity contribution in [2.45, 2.75) is 52.9 Å². The molecule has 0 amide bonds. The van der Waals surface area contributed by atoms with Crippen LogP contribution in [0.3, 0.4) is 0 Å². The van der Waals surface area contributed by atoms with Crippen LogP contribution < -0.4 is 10.2 Å². The average molecular weight is 264 g/mol. The first kappa shape index (κ1) is 15.7. The topological polar surface area (TPSA) is 41.0 Å². The van der Waals surface area contributed by atoms with E-state index in [1.54, 1.807) is 0 Å². The van der Waals surface area contributed by atoms with Crippen LogP contribution in [0.4, 0.5) is 11.6 Å². The maximum absolute atomic E-state index is 4.61. The van der Waals surface area contributed by atoms with Gasteiger partial charge in [0.25, 0.3) is 0 Å². The maximum atomic E-state index is 4.61. The molecule has 0 aliphatic heterocycles. The Labute approximate surface area is 117 Å². The molecule has 19 heavy (non-hydrogen) atoms. The minimum atomic E-state index is 0.872. The zero-order valence-corrected chi connectivity index (χ0v) is 12.9. The van der Waals surface area contributed by atoms with E-state index >= 15 is 0 Å². The van der Waals surface area contributed by atoms with Crippen molar-refractivity contribution in [3.8, 4) is 0 Å². The fourth-order valence-corrected chi connectivity index (χ4v) is 1.89. The molecule has 0 spiro atoms. The van der Waals surface area contributed by atoms with Crippen molar-refractivity contribution in [3.63, 3.8) is 0 Å². The van der Waals surface area contributed by atoms with Gasteiger partial charge in [-0.25, -0.2) is 9.97 Å². The lowest BCUT2D eigenvalue weighted by molar-refractivity contribution is 0.699. The van der Waals surface area contributed by atoms with E-state index in [1.165, 1.54) is 19.3 Å². The van der Waals surface area contributed by atoms with Crippen molar-refractivity contribution in [2.24, 2.45) is 0 Å². The number of unbranched alkanes of at least 4 members (excludes halogenated alkanes) is 2. The maximum Gasteiger partial charge on any atom is 0.134 e. The molecule has 0 unspecified atom stereocenters. The molecule has 0 bridgehead atoms. The monoisotopic (exact) mass is 264 g/mol. The lowest BCUT2D eigenvalue weighted by atomic mass is 10.2. The lowest BCUT2D eigenvalue weighted by Crippen LogP contribution is -2.21. The molecule has 0 atom stereocenters. The summed E-state index contributed by atoms with van der Waals surface area (Å²) in [6.07, 6.45) is 5.72. The lowest BCUT2D eigenvalue weighted by Gasteiger charge is -2.19. The Morgan fingerprint density at radius 2 is 1.89 bits per heavy atom. The Kier molecular flexibility index (Phi) is 7.23. The molecular formula is C15H28N4. The van der Waals surface area contributed by atoms with E-state index in [-0.39, 0.29) is 0 Å². The highest BCUT2D eigenvalue weighted by Gasteiger charge is 2.07. The number of aromatic nitrogens is 2. The van der Waals surface area contributed by atoms with E-state index in [1.807, 2.05) is 0 Å². The Morgan fingerprint density at radius 3 is 2.53 bits per heavy atom. The van der Waals surface area contributed by atoms with Crippen molar-refractivity contribution >= 4 is 11.6 Å². The summed E-state index contributed by atoms with van der Waals surface area (Å²) in [5, 5.41) is 3.35. The second-order valence-electron chi connectivity index (χ2n) is 4.94. The first-order valence-electron chi connectivity index (χ1n) is 7.54. The summed E-state index contributed by atoms with van der Waals surface area (Å²) < 4.78 is 0. The Hall–Kier alpha value is -1.32. The molecule has 1 heterocycles. The number of aryl methyl sites for hydroxylation is 1. The van der Waals surface area contributed by atoms with Gasteiger partial charge in [-0.3, -0.25) is 0 Å². The van der Waals surface area contributed by atoms with Crippen LogP contribution in [0.25, 0.3) is 0 Å². The fourth-order valence-electron chi connectivity index (χ4n) is 1.89. The zero-order valence-electron chi connectivity index (χ0n) is 12.9. The van der Waals surface area contributed by atoms with Crippen LogP contribution in [0.5, 0.6) is 0 Å². The molecule has 0 saturated heterocycles. The van der Waals surface area contributed by atoms with Gasteiger partial charge in [0.05, 0.1) is 0 Å². The predicted octanol–water partition coefficient (Wildman–Crippen LogP) is 3.49. The van der Waals surface area contributed by atoms with Crippen molar-refractivity contribution in [3.05, 3.63) is 11.9 Å². The molecule has 108 valence electrons. The highest BCUT2D eigenvalue weighted by molar-refractivity contribution is 5.49. The van der Waals surface area contributed by atoms with Gasteiger partial charge in [-0.2, -0.15) is 0 Å². The number of hydrogen-bond donors (Lipinski definition) is 1. The average Bonchev–Trinajstić information content (AvgIpc) is 2.44. The molecule has 1 aromatic heterocycles. The number of anilines is 2. The normalized spacial score (nSPS) is 10.5. The SMILES string of the molecule is CCCCCN(C)c1cc(NCCC)nc(CC)n1. The molecule has 0 aliphatic rings. The quantitative estimate of drug-likeness (QED) is 0.693. The molecule has 1 N–H and O–H groups in total. The molecule has 0 aromatic carbocycles. The summed E-state index contributed by atoms with van der Waals surface area (Å²) >= 11 is 0. The van der Waals surface area contributed by atoms with Gasteiger partial charge in [0.1, 0.15) is 17.5 Å². The molecule has 1 aromatic rings. The standard InChI is InChI=1S/C15H28N4/c1-5-8-9-11-19(4)15-12-14(16-10-6-2)17-13(7-3)18-15/h12H,5-11H2,1-4H3,(H,16,17,18). The van der Waals surface area contributed by atoms with Crippen LogP contribution in [0.2, 0.25) is 0 Å². The molecule has 1 rings (SSSR count). The second kappa shape index (κ2) is 8.73. The number of nitrogens with zero attached hydrogens (tertiary/aromatic N) is 3. The third-order valence-electron chi connectivity index (χ3n) is 3.12. The minimum absolute atomic E-state index is 0.872. The van der Waals surface area contributed by atoms with Gasteiger partial charge in [-0.15, -0.1) is 0 Å². The van der Waals surface area contributed by atoms with Gasteiger partial charge in [-0.1, -0.05) is 33.6 Å². The highest BCUT2D eigenvalue weighted by Crippen LogP contribution is 2.16. The van der Waals surface area contributed by atoms with Crippen molar-refractivity contribution in [2.75, 3.05) is 30.4 Å². The molecule has 4 nitrogen and oxygen atoms in total. The largest absolute Gasteiger partial charge is 0.370 e. The predicted molar refractivity (Wildman–Crippen MR) is 83.0 cm³/mol. The van der Waals surface area contributed by atoms with Crippen LogP contribution in [0, 0.1) is 0 Å². The summed E-state index contributed by atoms with van der Waals surface area (Å²) in [6.45, 7) is 8.50. The van der Waals surface area contributed by atoms with Crippen LogP contribution >= 0.6 is 0 Å². The molecule has 0 aliphatic carbocycles. The van der Waals surface area contributed by atoms with E-state index < -0.39 is 0 Å². The molecule has 0 fully saturated rings. The summed E-state index contributed by atoms with van der Waals surface area (Å²) in [7, 11) is 2.11. The van der Waals surface area contributed by atoms with Crippen LogP contribution in [0.15, 0.2) is 6.07 Å². The first-order chi connectivity index (χ1) is 9.21. The molecule has 0 radical (unpaired) electrons. The Balaban J connectivity index is 2.74. The third kappa shape index (κ3) is 5.45. The van der Waals surface area contributed by atoms with E-state index in [9.17, 15) is 0 Å². The highest BCUT2D eigenvalue weighted by atomic mass is 15.2. The van der Waals surface area contributed by atoms with Crippen molar-refractivity contribution in [1.29, 1.82) is 0 Å². The second-order valence-corrected chi connectivity index (χ2v) is 4.94. The summed E-state index contributed by atoms with van der Waals surface area (Å²) in [4.78, 5) is 11.4. The van der Waals surface area contributed by atoms with Gasteiger partial charge in [0.15, 0.2) is 0 Å². The molecule has 4 heteroatoms. The summed E-state index contributed by atoms with van der Waals surface area (Å²) in [5.74, 6) is 2.89. The van der Waals surface area contributed by atoms with Gasteiger partial charge in [-0.05, 0) is 12.8 Å². The van der Waals surface area contributed by atoms with E-state index in [0.29, 0.717) is 0 Å². The smallest absolute Gasteiger partial charge is 0.134 e. The van der Waals surface area contributed by atoms with Gasteiger partial charge < -0.3 is 10.2 Å². The third-order valence-corrected chi connectivity index (χ3v) is 3.12. The minimum Gasteiger partial charge on any atom is -0.370 e. The number of rotatable bonds is 9. The van der Waals surface area contributed by atoms with Crippen molar-refractivity contribution < 1.29 is 0 Å². The molecule has 0 saturated carbocycles. The van der Waals surface area contributed by atoms with Crippen LogP contribution in [-0.2, 0) is 6.42 Å². The Bertz CT molecular complexity index is 365. The van der Waals surface area contributed by atoms with E-state index in [0.717, 1.165) is 43.4 Å². The summed E-state index contributed by atoms with van der Waals surface area (Å²) in [6, 6.07) is 2.06. The Morgan fingerprint density at radius 1 is 1.11 bits per heavy atom. The number of nitrogens with one attached hydrogen (secondary N) is 1. The van der Waals surface area contributed by atoms with E-state index in [2.05, 4.69) is 54.1 Å². The first-order valence-corrected chi connectivity index (χ1v) is 7.54. The van der Waals surface area contributed by atoms with Gasteiger partial charge >= 0.3 is 0 Å². The molecular weight excluding hydrogens is 236 g/mol. The van der Waals surface area contributed by atoms with Crippen molar-refractivity contribution in [1.82, 2.24) is 9.97 Å². The van der Waals surface area contributed by atoms with Crippen LogP contribution in [0.1, 0.15) is 52.3 Å². The van der Waals surface area contributed by atoms with E-state index in [4.69, 9.17) is 0 Å². The zero-order chi connectivity index (χ0) is 14.1. The number of hydrogen-bond acceptors (Lipinski definition) is 4. The van der Waals surface area contributed by atoms with Crippen LogP contribution in [-0.4, -0.2) is 30.1 Å². The summed E-state index contributed by atoms with van der Waals surface area (Å²) in [5.41, 5.74) is 0. The van der Waals surface area contributed by atoms with Gasteiger partial charge in [0, 0.05) is 32.6 Å². The van der Waals surface area contributed by atoms with Gasteiger partial charge in [0.2, 0.25) is 0 Å².